The van der Waals surface area contributed by atoms with Crippen LogP contribution in [0.5, 0.6) is 0 Å². The maximum atomic E-state index is 11.9. The third-order valence-electron chi connectivity index (χ3n) is 3.09. The van der Waals surface area contributed by atoms with Crippen LogP contribution >= 0.6 is 0 Å². The van der Waals surface area contributed by atoms with Gasteiger partial charge in [-0.05, 0) is 13.8 Å². The second-order valence-electron chi connectivity index (χ2n) is 4.35. The fourth-order valence-electron chi connectivity index (χ4n) is 2.27. The van der Waals surface area contributed by atoms with Crippen molar-refractivity contribution < 1.29 is 9.53 Å². The molecule has 0 spiro atoms. The van der Waals surface area contributed by atoms with Crippen molar-refractivity contribution in [2.45, 2.75) is 20.0 Å². The molecule has 6 nitrogen and oxygen atoms in total. The van der Waals surface area contributed by atoms with Crippen LogP contribution in [-0.4, -0.2) is 41.7 Å². The first kappa shape index (κ1) is 10.5. The van der Waals surface area contributed by atoms with E-state index in [0.29, 0.717) is 18.8 Å². The van der Waals surface area contributed by atoms with Crippen molar-refractivity contribution in [2.24, 2.45) is 0 Å². The van der Waals surface area contributed by atoms with E-state index in [-0.39, 0.29) is 5.91 Å². The second kappa shape index (κ2) is 3.66. The van der Waals surface area contributed by atoms with Gasteiger partial charge in [-0.2, -0.15) is 0 Å². The van der Waals surface area contributed by atoms with E-state index in [1.165, 1.54) is 0 Å². The Kier molecular flexibility index (Phi) is 2.25. The second-order valence-corrected chi connectivity index (χ2v) is 4.35. The number of nitrogens with zero attached hydrogens (tertiary/aromatic N) is 3. The van der Waals surface area contributed by atoms with Crippen LogP contribution in [-0.2, 0) is 9.53 Å². The van der Waals surface area contributed by atoms with Crippen molar-refractivity contribution in [3.8, 4) is 0 Å². The molecule has 0 aliphatic carbocycles. The number of aromatic nitrogens is 2. The van der Waals surface area contributed by atoms with Crippen molar-refractivity contribution >= 4 is 17.4 Å². The summed E-state index contributed by atoms with van der Waals surface area (Å²) >= 11 is 0. The number of ether oxygens (including phenoxy) is 1. The summed E-state index contributed by atoms with van der Waals surface area (Å²) in [5, 5.41) is 2.86. The molecule has 3 heterocycles. The standard InChI is InChI=1S/C11H14N4O2/c1-6-9-10(13-7(2)12-6)15-3-4-17-8(5-15)11(16)14-9/h8H,3-5H2,1-2H3,(H,14,16). The number of hydrogen-bond acceptors (Lipinski definition) is 5. The maximum absolute atomic E-state index is 11.9. The number of anilines is 2. The minimum atomic E-state index is -0.405. The highest BCUT2D eigenvalue weighted by Gasteiger charge is 2.33. The van der Waals surface area contributed by atoms with E-state index in [9.17, 15) is 4.79 Å². The molecule has 1 aromatic heterocycles. The van der Waals surface area contributed by atoms with Crippen molar-refractivity contribution in [1.29, 1.82) is 0 Å². The predicted molar refractivity (Wildman–Crippen MR) is 62.1 cm³/mol. The molecule has 2 bridgehead atoms. The Bertz CT molecular complexity index is 489. The third-order valence-corrected chi connectivity index (χ3v) is 3.09. The SMILES string of the molecule is Cc1nc(C)c2c(n1)N1CCOC(C1)C(=O)N2. The molecule has 0 radical (unpaired) electrons. The van der Waals surface area contributed by atoms with Crippen molar-refractivity contribution in [2.75, 3.05) is 29.9 Å². The van der Waals surface area contributed by atoms with Crippen LogP contribution in [0, 0.1) is 13.8 Å². The van der Waals surface area contributed by atoms with Gasteiger partial charge in [-0.15, -0.1) is 0 Å². The average Bonchev–Trinajstić information content (AvgIpc) is 2.39. The Hall–Kier alpha value is -1.69. The Morgan fingerprint density at radius 2 is 2.24 bits per heavy atom. The van der Waals surface area contributed by atoms with E-state index in [0.717, 1.165) is 23.9 Å². The maximum Gasteiger partial charge on any atom is 0.255 e. The fourth-order valence-corrected chi connectivity index (χ4v) is 2.27. The quantitative estimate of drug-likeness (QED) is 0.697. The molecule has 90 valence electrons. The van der Waals surface area contributed by atoms with Gasteiger partial charge in [0, 0.05) is 6.54 Å². The summed E-state index contributed by atoms with van der Waals surface area (Å²) in [5.74, 6) is 1.43. The first-order chi connectivity index (χ1) is 8.15. The number of amides is 1. The van der Waals surface area contributed by atoms with E-state index in [2.05, 4.69) is 20.2 Å². The molecule has 1 N–H and O–H groups in total. The van der Waals surface area contributed by atoms with Crippen molar-refractivity contribution in [3.63, 3.8) is 0 Å². The lowest BCUT2D eigenvalue weighted by atomic mass is 10.3. The monoisotopic (exact) mass is 234 g/mol. The van der Waals surface area contributed by atoms with Crippen LogP contribution in [0.2, 0.25) is 0 Å². The molecule has 2 aliphatic heterocycles. The molecule has 1 atom stereocenters. The number of nitrogens with one attached hydrogen (secondary N) is 1. The molecule has 0 saturated carbocycles. The molecule has 1 unspecified atom stereocenters. The van der Waals surface area contributed by atoms with E-state index in [1.807, 2.05) is 13.8 Å². The van der Waals surface area contributed by atoms with Gasteiger partial charge < -0.3 is 15.0 Å². The zero-order valence-corrected chi connectivity index (χ0v) is 9.86. The van der Waals surface area contributed by atoms with Gasteiger partial charge in [-0.3, -0.25) is 4.79 Å². The lowest BCUT2D eigenvalue weighted by molar-refractivity contribution is -0.127. The Morgan fingerprint density at radius 1 is 1.41 bits per heavy atom. The molecule has 3 rings (SSSR count). The number of hydrogen-bond donors (Lipinski definition) is 1. The normalized spacial score (nSPS) is 22.8. The topological polar surface area (TPSA) is 67.3 Å². The molecule has 1 amide bonds. The summed E-state index contributed by atoms with van der Waals surface area (Å²) in [4.78, 5) is 22.7. The summed E-state index contributed by atoms with van der Waals surface area (Å²) in [6.07, 6.45) is -0.405. The van der Waals surface area contributed by atoms with E-state index >= 15 is 0 Å². The highest BCUT2D eigenvalue weighted by atomic mass is 16.5. The molecule has 17 heavy (non-hydrogen) atoms. The van der Waals surface area contributed by atoms with Crippen LogP contribution in [0.15, 0.2) is 0 Å². The fraction of sp³-hybridized carbons (Fsp3) is 0.545. The van der Waals surface area contributed by atoms with E-state index in [4.69, 9.17) is 4.74 Å². The van der Waals surface area contributed by atoms with Crippen molar-refractivity contribution in [1.82, 2.24) is 9.97 Å². The van der Waals surface area contributed by atoms with Gasteiger partial charge in [0.2, 0.25) is 0 Å². The van der Waals surface area contributed by atoms with Gasteiger partial charge in [0.05, 0.1) is 18.8 Å². The Labute approximate surface area is 99.0 Å². The molecule has 1 saturated heterocycles. The summed E-state index contributed by atoms with van der Waals surface area (Å²) in [6.45, 7) is 5.62. The van der Waals surface area contributed by atoms with E-state index < -0.39 is 6.10 Å². The zero-order valence-electron chi connectivity index (χ0n) is 9.86. The summed E-state index contributed by atoms with van der Waals surface area (Å²) < 4.78 is 5.44. The van der Waals surface area contributed by atoms with E-state index in [1.54, 1.807) is 0 Å². The molecule has 1 fully saturated rings. The number of carbonyl (C=O) groups is 1. The van der Waals surface area contributed by atoms with Gasteiger partial charge in [0.1, 0.15) is 11.5 Å². The van der Waals surface area contributed by atoms with Gasteiger partial charge in [0.25, 0.3) is 5.91 Å². The predicted octanol–water partition coefficient (Wildman–Crippen LogP) is 0.251. The summed E-state index contributed by atoms with van der Waals surface area (Å²) in [5.41, 5.74) is 1.52. The first-order valence-corrected chi connectivity index (χ1v) is 5.68. The van der Waals surface area contributed by atoms with Crippen LogP contribution in [0.4, 0.5) is 11.5 Å². The average molecular weight is 234 g/mol. The van der Waals surface area contributed by atoms with Gasteiger partial charge in [0.15, 0.2) is 11.9 Å². The van der Waals surface area contributed by atoms with Crippen LogP contribution < -0.4 is 10.2 Å². The van der Waals surface area contributed by atoms with Crippen molar-refractivity contribution in [3.05, 3.63) is 11.5 Å². The minimum absolute atomic E-state index is 0.107. The zero-order chi connectivity index (χ0) is 12.0. The summed E-state index contributed by atoms with van der Waals surface area (Å²) in [7, 11) is 0. The Morgan fingerprint density at radius 3 is 3.06 bits per heavy atom. The smallest absolute Gasteiger partial charge is 0.255 e. The minimum Gasteiger partial charge on any atom is -0.365 e. The number of rotatable bonds is 0. The molecule has 6 heteroatoms. The first-order valence-electron chi connectivity index (χ1n) is 5.68. The molecule has 0 aromatic carbocycles. The molecular formula is C11H14N4O2. The molecule has 2 aliphatic rings. The van der Waals surface area contributed by atoms with Gasteiger partial charge in [-0.1, -0.05) is 0 Å². The largest absolute Gasteiger partial charge is 0.365 e. The van der Waals surface area contributed by atoms with Gasteiger partial charge in [-0.25, -0.2) is 9.97 Å². The van der Waals surface area contributed by atoms with Gasteiger partial charge >= 0.3 is 0 Å². The Balaban J connectivity index is 2.14. The number of fused-ring (bicyclic) bond motifs is 4. The number of carbonyl (C=O) groups excluding carboxylic acids is 1. The lowest BCUT2D eigenvalue weighted by Crippen LogP contribution is -2.45. The number of morpholine rings is 1. The van der Waals surface area contributed by atoms with Crippen LogP contribution in [0.3, 0.4) is 0 Å². The third kappa shape index (κ3) is 1.64. The van der Waals surface area contributed by atoms with Crippen LogP contribution in [0.1, 0.15) is 11.5 Å². The summed E-state index contributed by atoms with van der Waals surface area (Å²) in [6, 6.07) is 0. The number of aryl methyl sites for hydroxylation is 2. The molecule has 1 aromatic rings. The highest BCUT2D eigenvalue weighted by molar-refractivity contribution is 5.99. The van der Waals surface area contributed by atoms with Crippen LogP contribution in [0.25, 0.3) is 0 Å². The lowest BCUT2D eigenvalue weighted by Gasteiger charge is -2.30. The molecular weight excluding hydrogens is 220 g/mol. The highest BCUT2D eigenvalue weighted by Crippen LogP contribution is 2.30.